The Morgan fingerprint density at radius 1 is 1.24 bits per heavy atom. The Morgan fingerprint density at radius 3 is 2.80 bits per heavy atom. The van der Waals surface area contributed by atoms with Crippen LogP contribution in [0.25, 0.3) is 0 Å². The molecule has 1 aromatic heterocycles. The van der Waals surface area contributed by atoms with Crippen LogP contribution in [0, 0.1) is 0 Å². The van der Waals surface area contributed by atoms with Gasteiger partial charge in [0.1, 0.15) is 5.56 Å². The topological polar surface area (TPSA) is 41.4 Å². The van der Waals surface area contributed by atoms with Gasteiger partial charge in [-0.15, -0.1) is 0 Å². The first kappa shape index (κ1) is 16.0. The predicted molar refractivity (Wildman–Crippen MR) is 101 cm³/mol. The van der Waals surface area contributed by atoms with Gasteiger partial charge in [-0.3, -0.25) is 14.4 Å². The third-order valence-electron chi connectivity index (χ3n) is 4.52. The summed E-state index contributed by atoms with van der Waals surface area (Å²) in [5.41, 5.74) is 3.19. The highest BCUT2D eigenvalue weighted by Crippen LogP contribution is 2.43. The van der Waals surface area contributed by atoms with Crippen LogP contribution in [0.5, 0.6) is 0 Å². The van der Waals surface area contributed by atoms with Crippen molar-refractivity contribution in [1.29, 1.82) is 0 Å². The summed E-state index contributed by atoms with van der Waals surface area (Å²) in [5, 5.41) is 5.14. The van der Waals surface area contributed by atoms with Gasteiger partial charge < -0.3 is 4.90 Å². The number of rotatable bonds is 2. The number of anilines is 3. The van der Waals surface area contributed by atoms with E-state index in [1.807, 2.05) is 31.3 Å². The van der Waals surface area contributed by atoms with Crippen molar-refractivity contribution in [1.82, 2.24) is 9.78 Å². The van der Waals surface area contributed by atoms with Gasteiger partial charge in [-0.05, 0) is 44.0 Å². The molecular weight excluding hydrogens is 336 g/mol. The number of aromatic nitrogens is 2. The molecule has 0 saturated heterocycles. The van der Waals surface area contributed by atoms with Gasteiger partial charge in [-0.2, -0.15) is 5.10 Å². The lowest BCUT2D eigenvalue weighted by atomic mass is 10.1. The molecule has 0 fully saturated rings. The lowest BCUT2D eigenvalue weighted by Gasteiger charge is -2.27. The van der Waals surface area contributed by atoms with Crippen molar-refractivity contribution in [3.63, 3.8) is 0 Å². The number of hydrogen-bond acceptors (Lipinski definition) is 3. The maximum absolute atomic E-state index is 13.4. The lowest BCUT2D eigenvalue weighted by Crippen LogP contribution is -2.29. The summed E-state index contributed by atoms with van der Waals surface area (Å²) in [6.07, 6.45) is 9.90. The Hall–Kier alpha value is -2.53. The quantitative estimate of drug-likeness (QED) is 0.801. The average molecular weight is 355 g/mol. The normalized spacial score (nSPS) is 16.4. The molecule has 1 aliphatic heterocycles. The van der Waals surface area contributed by atoms with Gasteiger partial charge in [0.2, 0.25) is 0 Å². The van der Waals surface area contributed by atoms with Gasteiger partial charge in [-0.25, -0.2) is 0 Å². The third-order valence-corrected chi connectivity index (χ3v) is 4.75. The molecule has 1 aromatic carbocycles. The standard InChI is InChI=1S/C19H19ClN4O/c1-3-23-16-10-9-13(20)11-17(16)24(14-7-5-4-6-8-14)19(25)15-12-22(2)21-18(15)23/h5,7-12H,3-4,6H2,1-2H3. The van der Waals surface area contributed by atoms with E-state index >= 15 is 0 Å². The summed E-state index contributed by atoms with van der Waals surface area (Å²) in [5.74, 6) is 0.599. The highest BCUT2D eigenvalue weighted by molar-refractivity contribution is 6.31. The van der Waals surface area contributed by atoms with Crippen LogP contribution in [0.2, 0.25) is 5.02 Å². The number of allylic oxidation sites excluding steroid dienone is 3. The predicted octanol–water partition coefficient (Wildman–Crippen LogP) is 4.43. The first-order valence-corrected chi connectivity index (χ1v) is 8.80. The minimum atomic E-state index is -0.0830. The number of aryl methyl sites for hydroxylation is 1. The molecule has 2 aliphatic rings. The fourth-order valence-corrected chi connectivity index (χ4v) is 3.58. The van der Waals surface area contributed by atoms with E-state index in [9.17, 15) is 4.79 Å². The molecule has 0 radical (unpaired) electrons. The second kappa shape index (κ2) is 6.08. The molecule has 128 valence electrons. The van der Waals surface area contributed by atoms with Crippen molar-refractivity contribution in [3.05, 3.63) is 58.9 Å². The minimum absolute atomic E-state index is 0.0830. The van der Waals surface area contributed by atoms with Crippen molar-refractivity contribution in [3.8, 4) is 0 Å². The van der Waals surface area contributed by atoms with Crippen LogP contribution in [0.4, 0.5) is 17.2 Å². The monoisotopic (exact) mass is 354 g/mol. The molecule has 0 saturated carbocycles. The second-order valence-electron chi connectivity index (χ2n) is 6.17. The molecule has 0 N–H and O–H groups in total. The van der Waals surface area contributed by atoms with Gasteiger partial charge in [-0.1, -0.05) is 23.8 Å². The number of halogens is 1. The SMILES string of the molecule is CCN1c2ccc(Cl)cc2N(C2=CCCC=C2)C(=O)c2cn(C)nc21. The summed E-state index contributed by atoms with van der Waals surface area (Å²) >= 11 is 6.27. The van der Waals surface area contributed by atoms with E-state index in [-0.39, 0.29) is 5.91 Å². The van der Waals surface area contributed by atoms with Gasteiger partial charge in [0, 0.05) is 30.5 Å². The zero-order valence-electron chi connectivity index (χ0n) is 14.2. The first-order valence-electron chi connectivity index (χ1n) is 8.42. The van der Waals surface area contributed by atoms with Crippen LogP contribution < -0.4 is 9.80 Å². The van der Waals surface area contributed by atoms with Gasteiger partial charge in [0.25, 0.3) is 5.91 Å². The third kappa shape index (κ3) is 2.55. The number of fused-ring (bicyclic) bond motifs is 2. The van der Waals surface area contributed by atoms with Crippen molar-refractivity contribution < 1.29 is 4.79 Å². The largest absolute Gasteiger partial charge is 0.323 e. The smallest absolute Gasteiger partial charge is 0.268 e. The molecular formula is C19H19ClN4O. The van der Waals surface area contributed by atoms with Crippen molar-refractivity contribution in [2.75, 3.05) is 16.3 Å². The van der Waals surface area contributed by atoms with Gasteiger partial charge in [0.05, 0.1) is 11.4 Å². The van der Waals surface area contributed by atoms with E-state index < -0.39 is 0 Å². The molecule has 0 spiro atoms. The molecule has 5 nitrogen and oxygen atoms in total. The summed E-state index contributed by atoms with van der Waals surface area (Å²) in [7, 11) is 1.84. The van der Waals surface area contributed by atoms with Crippen molar-refractivity contribution >= 4 is 34.7 Å². The number of carbonyl (C=O) groups is 1. The van der Waals surface area contributed by atoms with E-state index in [0.717, 1.165) is 29.9 Å². The summed E-state index contributed by atoms with van der Waals surface area (Å²) < 4.78 is 1.69. The molecule has 2 aromatic rings. The molecule has 0 atom stereocenters. The number of carbonyl (C=O) groups excluding carboxylic acids is 1. The summed E-state index contributed by atoms with van der Waals surface area (Å²) in [6.45, 7) is 2.76. The summed E-state index contributed by atoms with van der Waals surface area (Å²) in [6, 6.07) is 5.66. The minimum Gasteiger partial charge on any atom is -0.323 e. The molecule has 0 bridgehead atoms. The van der Waals surface area contributed by atoms with E-state index in [1.54, 1.807) is 15.8 Å². The first-order chi connectivity index (χ1) is 12.1. The maximum Gasteiger partial charge on any atom is 0.268 e. The Balaban J connectivity index is 2.00. The Bertz CT molecular complexity index is 912. The highest BCUT2D eigenvalue weighted by Gasteiger charge is 2.34. The Kier molecular flexibility index (Phi) is 3.88. The molecule has 1 amide bonds. The van der Waals surface area contributed by atoms with Gasteiger partial charge >= 0.3 is 0 Å². The average Bonchev–Trinajstić information content (AvgIpc) is 2.96. The molecule has 6 heteroatoms. The van der Waals surface area contributed by atoms with Crippen LogP contribution in [0.3, 0.4) is 0 Å². The zero-order valence-corrected chi connectivity index (χ0v) is 15.0. The number of amides is 1. The lowest BCUT2D eigenvalue weighted by molar-refractivity contribution is 0.0997. The molecule has 2 heterocycles. The van der Waals surface area contributed by atoms with E-state index in [2.05, 4.69) is 29.1 Å². The number of nitrogens with zero attached hydrogens (tertiary/aromatic N) is 4. The van der Waals surface area contributed by atoms with Crippen LogP contribution >= 0.6 is 11.6 Å². The van der Waals surface area contributed by atoms with Crippen LogP contribution in [-0.2, 0) is 7.05 Å². The van der Waals surface area contributed by atoms with Gasteiger partial charge in [0.15, 0.2) is 5.82 Å². The second-order valence-corrected chi connectivity index (χ2v) is 6.60. The number of benzene rings is 1. The molecule has 4 rings (SSSR count). The molecule has 0 unspecified atom stereocenters. The van der Waals surface area contributed by atoms with E-state index in [1.165, 1.54) is 0 Å². The summed E-state index contributed by atoms with van der Waals surface area (Å²) in [4.78, 5) is 17.2. The van der Waals surface area contributed by atoms with E-state index in [0.29, 0.717) is 22.9 Å². The van der Waals surface area contributed by atoms with E-state index in [4.69, 9.17) is 11.6 Å². The number of hydrogen-bond donors (Lipinski definition) is 0. The van der Waals surface area contributed by atoms with Crippen LogP contribution in [0.15, 0.2) is 48.3 Å². The fraction of sp³-hybridized carbons (Fsp3) is 0.263. The highest BCUT2D eigenvalue weighted by atomic mass is 35.5. The zero-order chi connectivity index (χ0) is 17.6. The van der Waals surface area contributed by atoms with Crippen molar-refractivity contribution in [2.24, 2.45) is 7.05 Å². The van der Waals surface area contributed by atoms with Crippen molar-refractivity contribution in [2.45, 2.75) is 19.8 Å². The van der Waals surface area contributed by atoms with Crippen LogP contribution in [0.1, 0.15) is 30.1 Å². The molecule has 25 heavy (non-hydrogen) atoms. The molecule has 1 aliphatic carbocycles. The Morgan fingerprint density at radius 2 is 2.08 bits per heavy atom. The maximum atomic E-state index is 13.4. The Labute approximate surface area is 151 Å². The fourth-order valence-electron chi connectivity index (χ4n) is 3.42. The van der Waals surface area contributed by atoms with Crippen LogP contribution in [-0.4, -0.2) is 22.2 Å².